The molecule has 1 heterocycles. The van der Waals surface area contributed by atoms with Crippen molar-refractivity contribution < 1.29 is 14.3 Å². The highest BCUT2D eigenvalue weighted by atomic mass is 32.1. The zero-order chi connectivity index (χ0) is 14.7. The first-order valence-electron chi connectivity index (χ1n) is 6.46. The van der Waals surface area contributed by atoms with Crippen molar-refractivity contribution in [2.75, 3.05) is 13.2 Å². The first kappa shape index (κ1) is 14.6. The van der Waals surface area contributed by atoms with Crippen LogP contribution in [0, 0.1) is 0 Å². The number of rotatable bonds is 4. The Bertz CT molecular complexity index is 519. The van der Waals surface area contributed by atoms with Crippen molar-refractivity contribution in [2.45, 2.75) is 26.0 Å². The van der Waals surface area contributed by atoms with Gasteiger partial charge in [0, 0.05) is 6.04 Å². The zero-order valence-corrected chi connectivity index (χ0v) is 12.4. The predicted octanol–water partition coefficient (Wildman–Crippen LogP) is 1.35. The van der Waals surface area contributed by atoms with Crippen LogP contribution in [0.15, 0.2) is 24.3 Å². The van der Waals surface area contributed by atoms with Crippen molar-refractivity contribution in [1.82, 2.24) is 4.90 Å². The molecule has 0 radical (unpaired) electrons. The van der Waals surface area contributed by atoms with Crippen molar-refractivity contribution >= 4 is 23.1 Å². The lowest BCUT2D eigenvalue weighted by atomic mass is 10.2. The maximum absolute atomic E-state index is 12.5. The number of hydrogen-bond donors (Lipinski definition) is 1. The number of nitrogens with two attached hydrogens (primary N) is 1. The van der Waals surface area contributed by atoms with Crippen LogP contribution in [0.2, 0.25) is 0 Å². The topological polar surface area (TPSA) is 64.8 Å². The summed E-state index contributed by atoms with van der Waals surface area (Å²) < 4.78 is 11.3. The molecule has 20 heavy (non-hydrogen) atoms. The summed E-state index contributed by atoms with van der Waals surface area (Å²) in [6.07, 6.45) is -0.665. The molecule has 6 heteroatoms. The molecule has 1 aromatic carbocycles. The molecule has 2 rings (SSSR count). The fraction of sp³-hybridized carbons (Fsp3) is 0.429. The first-order chi connectivity index (χ1) is 9.49. The highest BCUT2D eigenvalue weighted by molar-refractivity contribution is 7.80. The van der Waals surface area contributed by atoms with Gasteiger partial charge in [0.25, 0.3) is 5.91 Å². The SMILES string of the molecule is CC(C)N(CC(N)=S)C(=O)C1COc2ccccc2O1. The minimum Gasteiger partial charge on any atom is -0.485 e. The molecule has 1 amide bonds. The van der Waals surface area contributed by atoms with Crippen LogP contribution in [0.3, 0.4) is 0 Å². The number of amides is 1. The van der Waals surface area contributed by atoms with Gasteiger partial charge in [0.1, 0.15) is 6.61 Å². The largest absolute Gasteiger partial charge is 0.485 e. The summed E-state index contributed by atoms with van der Waals surface area (Å²) in [6.45, 7) is 4.26. The van der Waals surface area contributed by atoms with Gasteiger partial charge in [0.2, 0.25) is 6.10 Å². The van der Waals surface area contributed by atoms with Gasteiger partial charge in [0.05, 0.1) is 11.5 Å². The van der Waals surface area contributed by atoms with Crippen LogP contribution in [-0.4, -0.2) is 41.1 Å². The molecule has 0 saturated carbocycles. The van der Waals surface area contributed by atoms with E-state index in [2.05, 4.69) is 0 Å². The Hall–Kier alpha value is -1.82. The molecular formula is C14H18N2O3S. The van der Waals surface area contributed by atoms with Gasteiger partial charge in [-0.15, -0.1) is 0 Å². The van der Waals surface area contributed by atoms with Crippen LogP contribution in [0.1, 0.15) is 13.8 Å². The maximum Gasteiger partial charge on any atom is 0.267 e. The van der Waals surface area contributed by atoms with E-state index in [0.717, 1.165) is 0 Å². The van der Waals surface area contributed by atoms with Crippen molar-refractivity contribution in [3.63, 3.8) is 0 Å². The molecule has 1 aliphatic rings. The number of ether oxygens (including phenoxy) is 2. The van der Waals surface area contributed by atoms with E-state index in [1.165, 1.54) is 0 Å². The quantitative estimate of drug-likeness (QED) is 0.849. The molecule has 5 nitrogen and oxygen atoms in total. The first-order valence-corrected chi connectivity index (χ1v) is 6.87. The number of fused-ring (bicyclic) bond motifs is 1. The van der Waals surface area contributed by atoms with Gasteiger partial charge in [-0.2, -0.15) is 0 Å². The Kier molecular flexibility index (Phi) is 4.44. The van der Waals surface area contributed by atoms with Gasteiger partial charge < -0.3 is 20.1 Å². The molecule has 1 aromatic rings. The van der Waals surface area contributed by atoms with Crippen molar-refractivity contribution in [3.05, 3.63) is 24.3 Å². The van der Waals surface area contributed by atoms with E-state index in [9.17, 15) is 4.79 Å². The Morgan fingerprint density at radius 3 is 2.70 bits per heavy atom. The average molecular weight is 294 g/mol. The highest BCUT2D eigenvalue weighted by Gasteiger charge is 2.32. The molecule has 0 aliphatic carbocycles. The molecule has 2 N–H and O–H groups in total. The van der Waals surface area contributed by atoms with Crippen molar-refractivity contribution in [2.24, 2.45) is 5.73 Å². The van der Waals surface area contributed by atoms with Crippen molar-refractivity contribution in [3.8, 4) is 11.5 Å². The second-order valence-electron chi connectivity index (χ2n) is 4.89. The Morgan fingerprint density at radius 2 is 2.10 bits per heavy atom. The van der Waals surface area contributed by atoms with Crippen LogP contribution in [-0.2, 0) is 4.79 Å². The Labute approximate surface area is 123 Å². The average Bonchev–Trinajstić information content (AvgIpc) is 2.43. The van der Waals surface area contributed by atoms with E-state index in [-0.39, 0.29) is 30.1 Å². The maximum atomic E-state index is 12.5. The van der Waals surface area contributed by atoms with E-state index < -0.39 is 6.10 Å². The standard InChI is InChI=1S/C14H18N2O3S/c1-9(2)16(7-13(15)20)14(17)12-8-18-10-5-3-4-6-11(10)19-12/h3-6,9,12H,7-8H2,1-2H3,(H2,15,20). The van der Waals surface area contributed by atoms with Gasteiger partial charge in [-0.25, -0.2) is 0 Å². The number of para-hydroxylation sites is 2. The minimum atomic E-state index is -0.665. The highest BCUT2D eigenvalue weighted by Crippen LogP contribution is 2.31. The zero-order valence-electron chi connectivity index (χ0n) is 11.5. The second kappa shape index (κ2) is 6.09. The molecule has 0 spiro atoms. The fourth-order valence-corrected chi connectivity index (χ4v) is 2.15. The van der Waals surface area contributed by atoms with E-state index in [0.29, 0.717) is 11.5 Å². The number of carbonyl (C=O) groups excluding carboxylic acids is 1. The number of hydrogen-bond acceptors (Lipinski definition) is 4. The van der Waals surface area contributed by atoms with E-state index in [1.807, 2.05) is 32.0 Å². The van der Waals surface area contributed by atoms with E-state index >= 15 is 0 Å². The smallest absolute Gasteiger partial charge is 0.267 e. The van der Waals surface area contributed by atoms with Gasteiger partial charge in [-0.1, -0.05) is 24.4 Å². The van der Waals surface area contributed by atoms with Crippen LogP contribution in [0.25, 0.3) is 0 Å². The van der Waals surface area contributed by atoms with Gasteiger partial charge in [-0.05, 0) is 26.0 Å². The van der Waals surface area contributed by atoms with Gasteiger partial charge in [0.15, 0.2) is 11.5 Å². The summed E-state index contributed by atoms with van der Waals surface area (Å²) in [7, 11) is 0. The Balaban J connectivity index is 2.11. The molecule has 0 aromatic heterocycles. The van der Waals surface area contributed by atoms with Crippen LogP contribution >= 0.6 is 12.2 Å². The van der Waals surface area contributed by atoms with Crippen LogP contribution in [0.4, 0.5) is 0 Å². The van der Waals surface area contributed by atoms with Crippen molar-refractivity contribution in [1.29, 1.82) is 0 Å². The third kappa shape index (κ3) is 3.19. The lowest BCUT2D eigenvalue weighted by molar-refractivity contribution is -0.142. The lowest BCUT2D eigenvalue weighted by Gasteiger charge is -2.32. The monoisotopic (exact) mass is 294 g/mol. The Morgan fingerprint density at radius 1 is 1.45 bits per heavy atom. The molecule has 1 unspecified atom stereocenters. The number of nitrogens with zero attached hydrogens (tertiary/aromatic N) is 1. The van der Waals surface area contributed by atoms with Crippen LogP contribution in [0.5, 0.6) is 11.5 Å². The normalized spacial score (nSPS) is 16.9. The summed E-state index contributed by atoms with van der Waals surface area (Å²) in [6, 6.07) is 7.28. The minimum absolute atomic E-state index is 0.00947. The molecule has 108 valence electrons. The number of carbonyl (C=O) groups is 1. The summed E-state index contributed by atoms with van der Waals surface area (Å²) in [4.78, 5) is 14.4. The number of benzene rings is 1. The fourth-order valence-electron chi connectivity index (χ4n) is 2.01. The van der Waals surface area contributed by atoms with Gasteiger partial charge in [-0.3, -0.25) is 4.79 Å². The molecule has 1 aliphatic heterocycles. The number of thiocarbonyl (C=S) groups is 1. The molecule has 0 fully saturated rings. The summed E-state index contributed by atoms with van der Waals surface area (Å²) in [5.74, 6) is 1.07. The summed E-state index contributed by atoms with van der Waals surface area (Å²) in [5, 5.41) is 0. The molecular weight excluding hydrogens is 276 g/mol. The van der Waals surface area contributed by atoms with E-state index in [4.69, 9.17) is 27.4 Å². The molecule has 0 saturated heterocycles. The third-order valence-corrected chi connectivity index (χ3v) is 3.15. The molecule has 1 atom stereocenters. The second-order valence-corrected chi connectivity index (χ2v) is 5.41. The summed E-state index contributed by atoms with van der Waals surface area (Å²) in [5.41, 5.74) is 5.54. The van der Waals surface area contributed by atoms with Crippen LogP contribution < -0.4 is 15.2 Å². The van der Waals surface area contributed by atoms with Gasteiger partial charge >= 0.3 is 0 Å². The summed E-state index contributed by atoms with van der Waals surface area (Å²) >= 11 is 4.89. The molecule has 0 bridgehead atoms. The predicted molar refractivity (Wildman–Crippen MR) is 80.0 cm³/mol. The van der Waals surface area contributed by atoms with E-state index in [1.54, 1.807) is 11.0 Å². The lowest BCUT2D eigenvalue weighted by Crippen LogP contribution is -2.51. The third-order valence-electron chi connectivity index (χ3n) is 3.02.